The van der Waals surface area contributed by atoms with E-state index in [9.17, 15) is 18.0 Å². The van der Waals surface area contributed by atoms with Gasteiger partial charge in [0.2, 0.25) is 11.9 Å². The molecule has 1 amide bonds. The van der Waals surface area contributed by atoms with Gasteiger partial charge in [0.15, 0.2) is 11.6 Å². The Morgan fingerprint density at radius 2 is 2.10 bits per heavy atom. The molecule has 2 aromatic heterocycles. The van der Waals surface area contributed by atoms with Gasteiger partial charge >= 0.3 is 0 Å². The molecular weight excluding hydrogens is 387 g/mol. The molecule has 8 nitrogen and oxygen atoms in total. The molecule has 3 aliphatic rings. The summed E-state index contributed by atoms with van der Waals surface area (Å²) >= 11 is 0. The Hall–Kier alpha value is -2.85. The van der Waals surface area contributed by atoms with Gasteiger partial charge in [-0.05, 0) is 5.92 Å². The van der Waals surface area contributed by atoms with Crippen LogP contribution in [0.3, 0.4) is 0 Å². The van der Waals surface area contributed by atoms with Gasteiger partial charge in [-0.3, -0.25) is 9.48 Å². The first-order chi connectivity index (χ1) is 13.7. The van der Waals surface area contributed by atoms with Crippen molar-refractivity contribution in [2.45, 2.75) is 24.8 Å². The number of rotatable bonds is 5. The Bertz CT molecular complexity index is 996. The molecule has 0 radical (unpaired) electrons. The van der Waals surface area contributed by atoms with E-state index in [-0.39, 0.29) is 23.6 Å². The quantitative estimate of drug-likeness (QED) is 0.784. The average molecular weight is 407 g/mol. The minimum atomic E-state index is -2.90. The maximum absolute atomic E-state index is 14.4. The number of amides is 1. The molecule has 1 saturated heterocycles. The van der Waals surface area contributed by atoms with Gasteiger partial charge in [-0.2, -0.15) is 10.1 Å². The molecular formula is C18H20F3N7O. The highest BCUT2D eigenvalue weighted by Gasteiger charge is 2.70. The van der Waals surface area contributed by atoms with Crippen LogP contribution in [0.25, 0.3) is 0 Å². The van der Waals surface area contributed by atoms with Crippen LogP contribution in [0, 0.1) is 23.6 Å². The van der Waals surface area contributed by atoms with E-state index < -0.39 is 35.5 Å². The third-order valence-electron chi connectivity index (χ3n) is 6.32. The highest BCUT2D eigenvalue weighted by atomic mass is 19.3. The second-order valence-corrected chi connectivity index (χ2v) is 8.22. The summed E-state index contributed by atoms with van der Waals surface area (Å²) < 4.78 is 42.5. The lowest BCUT2D eigenvalue weighted by molar-refractivity contribution is -0.125. The lowest BCUT2D eigenvalue weighted by Gasteiger charge is -2.25. The summed E-state index contributed by atoms with van der Waals surface area (Å²) in [6, 6.07) is 0. The van der Waals surface area contributed by atoms with Crippen molar-refractivity contribution in [3.05, 3.63) is 24.4 Å². The van der Waals surface area contributed by atoms with Crippen LogP contribution in [0.2, 0.25) is 0 Å². The lowest BCUT2D eigenvalue weighted by atomic mass is 10.2. The fourth-order valence-electron chi connectivity index (χ4n) is 4.40. The van der Waals surface area contributed by atoms with Crippen LogP contribution in [0.15, 0.2) is 18.6 Å². The number of hydrogen-bond acceptors (Lipinski definition) is 6. The van der Waals surface area contributed by atoms with Crippen LogP contribution in [0.5, 0.6) is 0 Å². The van der Waals surface area contributed by atoms with E-state index in [1.54, 1.807) is 29.0 Å². The minimum Gasteiger partial charge on any atom is -0.351 e. The summed E-state index contributed by atoms with van der Waals surface area (Å²) in [5.74, 6) is -4.78. The van der Waals surface area contributed by atoms with E-state index in [1.807, 2.05) is 6.92 Å². The van der Waals surface area contributed by atoms with Crippen molar-refractivity contribution in [2.24, 2.45) is 24.8 Å². The third-order valence-corrected chi connectivity index (χ3v) is 6.32. The number of halogens is 3. The van der Waals surface area contributed by atoms with Crippen LogP contribution in [-0.2, 0) is 11.8 Å². The van der Waals surface area contributed by atoms with Crippen LogP contribution in [0.4, 0.5) is 30.6 Å². The molecule has 1 aliphatic heterocycles. The number of fused-ring (bicyclic) bond motifs is 1. The lowest BCUT2D eigenvalue weighted by Crippen LogP contribution is -2.45. The molecule has 2 aliphatic carbocycles. The zero-order valence-electron chi connectivity index (χ0n) is 15.9. The molecule has 2 unspecified atom stereocenters. The minimum absolute atomic E-state index is 0.0721. The van der Waals surface area contributed by atoms with E-state index in [2.05, 4.69) is 25.7 Å². The Kier molecular flexibility index (Phi) is 3.66. The Morgan fingerprint density at radius 1 is 1.34 bits per heavy atom. The standard InChI is InChI=1S/C18H20F3N7O/c1-9-12-7-28(8-17(9,12)26-15(29)11-3-18(11,20)21)14-13(19)5-22-16(25-14)24-10-4-23-27(2)6-10/h4-6,9,11-12H,3,7-8H2,1-2H3,(H,26,29)(H,22,24,25)/t9?,11?,12-,17-/m1/s1. The van der Waals surface area contributed by atoms with Gasteiger partial charge in [-0.15, -0.1) is 0 Å². The molecule has 4 atom stereocenters. The first kappa shape index (κ1) is 18.2. The first-order valence-electron chi connectivity index (χ1n) is 9.42. The average Bonchev–Trinajstić information content (AvgIpc) is 3.24. The fourth-order valence-corrected chi connectivity index (χ4v) is 4.40. The van der Waals surface area contributed by atoms with Gasteiger partial charge in [0.25, 0.3) is 5.92 Å². The van der Waals surface area contributed by atoms with Crippen molar-refractivity contribution in [2.75, 3.05) is 23.3 Å². The van der Waals surface area contributed by atoms with Crippen LogP contribution < -0.4 is 15.5 Å². The predicted molar refractivity (Wildman–Crippen MR) is 97.3 cm³/mol. The maximum Gasteiger partial charge on any atom is 0.260 e. The highest BCUT2D eigenvalue weighted by Crippen LogP contribution is 2.57. The maximum atomic E-state index is 14.4. The molecule has 29 heavy (non-hydrogen) atoms. The van der Waals surface area contributed by atoms with E-state index in [4.69, 9.17) is 0 Å². The van der Waals surface area contributed by atoms with Gasteiger partial charge in [0.05, 0.1) is 23.6 Å². The van der Waals surface area contributed by atoms with Gasteiger partial charge in [-0.25, -0.2) is 18.2 Å². The van der Waals surface area contributed by atoms with Crippen LogP contribution in [-0.4, -0.2) is 50.2 Å². The molecule has 2 saturated carbocycles. The van der Waals surface area contributed by atoms with Crippen molar-refractivity contribution in [3.8, 4) is 0 Å². The number of nitrogens with one attached hydrogen (secondary N) is 2. The molecule has 5 rings (SSSR count). The number of carbonyl (C=O) groups is 1. The predicted octanol–water partition coefficient (Wildman–Crippen LogP) is 1.69. The molecule has 2 N–H and O–H groups in total. The molecule has 0 bridgehead atoms. The van der Waals surface area contributed by atoms with E-state index in [0.717, 1.165) is 6.20 Å². The summed E-state index contributed by atoms with van der Waals surface area (Å²) in [5, 5.41) is 9.83. The monoisotopic (exact) mass is 407 g/mol. The smallest absolute Gasteiger partial charge is 0.260 e. The van der Waals surface area contributed by atoms with Gasteiger partial charge in [0.1, 0.15) is 5.92 Å². The van der Waals surface area contributed by atoms with Gasteiger partial charge in [0, 0.05) is 38.7 Å². The Labute approximate surface area is 164 Å². The van der Waals surface area contributed by atoms with E-state index in [0.29, 0.717) is 18.8 Å². The molecule has 0 aromatic carbocycles. The Morgan fingerprint density at radius 3 is 2.76 bits per heavy atom. The first-order valence-corrected chi connectivity index (χ1v) is 9.42. The summed E-state index contributed by atoms with van der Waals surface area (Å²) in [7, 11) is 1.77. The van der Waals surface area contributed by atoms with Crippen molar-refractivity contribution < 1.29 is 18.0 Å². The van der Waals surface area contributed by atoms with Crippen molar-refractivity contribution in [1.82, 2.24) is 25.1 Å². The Balaban J connectivity index is 1.32. The molecule has 0 spiro atoms. The van der Waals surface area contributed by atoms with Gasteiger partial charge in [-0.1, -0.05) is 6.92 Å². The van der Waals surface area contributed by atoms with E-state index >= 15 is 0 Å². The number of hydrogen-bond donors (Lipinski definition) is 2. The SMILES string of the molecule is CC1[C@H]2CN(c3nc(Nc4cnn(C)c4)ncc3F)C[C@@]12NC(=O)C1CC1(F)F. The second kappa shape index (κ2) is 5.83. The normalized spacial score (nSPS) is 31.3. The second-order valence-electron chi connectivity index (χ2n) is 8.22. The number of carbonyl (C=O) groups excluding carboxylic acids is 1. The van der Waals surface area contributed by atoms with Crippen LogP contribution >= 0.6 is 0 Å². The number of aromatic nitrogens is 4. The zero-order chi connectivity index (χ0) is 20.6. The van der Waals surface area contributed by atoms with E-state index in [1.165, 1.54) is 0 Å². The number of anilines is 3. The highest BCUT2D eigenvalue weighted by molar-refractivity contribution is 5.84. The topological polar surface area (TPSA) is 88.0 Å². The zero-order valence-corrected chi connectivity index (χ0v) is 15.9. The molecule has 154 valence electrons. The summed E-state index contributed by atoms with van der Waals surface area (Å²) in [6.07, 6.45) is 4.01. The molecule has 3 fully saturated rings. The number of aryl methyl sites for hydroxylation is 1. The molecule has 3 heterocycles. The van der Waals surface area contributed by atoms with Crippen molar-refractivity contribution >= 4 is 23.4 Å². The number of nitrogens with zero attached hydrogens (tertiary/aromatic N) is 5. The number of alkyl halides is 2. The van der Waals surface area contributed by atoms with Crippen molar-refractivity contribution in [3.63, 3.8) is 0 Å². The van der Waals surface area contributed by atoms with Gasteiger partial charge < -0.3 is 15.5 Å². The van der Waals surface area contributed by atoms with Crippen molar-refractivity contribution in [1.29, 1.82) is 0 Å². The van der Waals surface area contributed by atoms with Crippen LogP contribution in [0.1, 0.15) is 13.3 Å². The largest absolute Gasteiger partial charge is 0.351 e. The summed E-state index contributed by atoms with van der Waals surface area (Å²) in [6.45, 7) is 2.78. The summed E-state index contributed by atoms with van der Waals surface area (Å²) in [5.41, 5.74) is 0.0569. The fraction of sp³-hybridized carbons (Fsp3) is 0.556. The molecule has 2 aromatic rings. The number of piperidine rings is 1. The third kappa shape index (κ3) is 2.90. The summed E-state index contributed by atoms with van der Waals surface area (Å²) in [4.78, 5) is 22.2. The molecule has 11 heteroatoms.